The zero-order valence-corrected chi connectivity index (χ0v) is 14.5. The highest BCUT2D eigenvalue weighted by atomic mass is 16.5. The lowest BCUT2D eigenvalue weighted by Crippen LogP contribution is -2.40. The Morgan fingerprint density at radius 3 is 2.41 bits per heavy atom. The molecule has 0 bridgehead atoms. The number of benzene rings is 1. The first kappa shape index (κ1) is 16.9. The number of phenolic OH excluding ortho intramolecular Hbond substituents is 1. The quantitative estimate of drug-likeness (QED) is 0.778. The van der Waals surface area contributed by atoms with Gasteiger partial charge in [0.05, 0.1) is 12.0 Å². The van der Waals surface area contributed by atoms with Crippen molar-refractivity contribution < 1.29 is 14.6 Å². The minimum absolute atomic E-state index is 0.0927. The molecule has 1 aliphatic rings. The van der Waals surface area contributed by atoms with Gasteiger partial charge in [-0.2, -0.15) is 0 Å². The molecule has 22 heavy (non-hydrogen) atoms. The second-order valence-corrected chi connectivity index (χ2v) is 6.89. The van der Waals surface area contributed by atoms with E-state index in [0.717, 1.165) is 24.0 Å². The molecule has 3 nitrogen and oxygen atoms in total. The first-order valence-corrected chi connectivity index (χ1v) is 8.35. The van der Waals surface area contributed by atoms with Gasteiger partial charge < -0.3 is 9.84 Å². The van der Waals surface area contributed by atoms with Crippen molar-refractivity contribution in [3.8, 4) is 11.5 Å². The van der Waals surface area contributed by atoms with Gasteiger partial charge in [0.1, 0.15) is 17.1 Å². The van der Waals surface area contributed by atoms with Crippen LogP contribution >= 0.6 is 0 Å². The van der Waals surface area contributed by atoms with Gasteiger partial charge in [-0.15, -0.1) is 0 Å². The molecular formula is C19H28O3. The van der Waals surface area contributed by atoms with Crippen LogP contribution in [0.25, 0.3) is 0 Å². The molecule has 0 radical (unpaired) electrons. The lowest BCUT2D eigenvalue weighted by atomic mass is 9.84. The summed E-state index contributed by atoms with van der Waals surface area (Å²) in [6, 6.07) is 0. The van der Waals surface area contributed by atoms with Gasteiger partial charge in [0.25, 0.3) is 0 Å². The molecule has 0 saturated carbocycles. The highest BCUT2D eigenvalue weighted by molar-refractivity contribution is 6.03. The molecule has 0 saturated heterocycles. The van der Waals surface area contributed by atoms with Crippen LogP contribution in [0.4, 0.5) is 0 Å². The van der Waals surface area contributed by atoms with Crippen LogP contribution in [0.2, 0.25) is 0 Å². The minimum atomic E-state index is -0.418. The molecule has 3 heteroatoms. The first-order valence-electron chi connectivity index (χ1n) is 8.35. The van der Waals surface area contributed by atoms with Gasteiger partial charge in [-0.05, 0) is 51.7 Å². The molecule has 122 valence electrons. The topological polar surface area (TPSA) is 46.5 Å². The van der Waals surface area contributed by atoms with E-state index in [1.165, 1.54) is 19.3 Å². The zero-order chi connectivity index (χ0) is 16.5. The Kier molecular flexibility index (Phi) is 4.84. The summed E-state index contributed by atoms with van der Waals surface area (Å²) in [6.45, 7) is 9.82. The molecule has 0 aromatic heterocycles. The second kappa shape index (κ2) is 6.31. The van der Waals surface area contributed by atoms with Gasteiger partial charge in [-0.25, -0.2) is 0 Å². The van der Waals surface area contributed by atoms with E-state index in [4.69, 9.17) is 4.74 Å². The van der Waals surface area contributed by atoms with E-state index in [0.29, 0.717) is 23.3 Å². The Balaban J connectivity index is 2.31. The van der Waals surface area contributed by atoms with Crippen molar-refractivity contribution in [1.82, 2.24) is 0 Å². The Morgan fingerprint density at radius 2 is 1.77 bits per heavy atom. The summed E-state index contributed by atoms with van der Waals surface area (Å²) in [5.41, 5.74) is 2.49. The molecule has 1 N–H and O–H groups in total. The molecule has 2 rings (SSSR count). The molecule has 1 heterocycles. The summed E-state index contributed by atoms with van der Waals surface area (Å²) in [5.74, 6) is 0.997. The van der Waals surface area contributed by atoms with Crippen molar-refractivity contribution in [3.63, 3.8) is 0 Å². The number of hydrogen-bond acceptors (Lipinski definition) is 3. The van der Waals surface area contributed by atoms with Gasteiger partial charge in [-0.3, -0.25) is 4.79 Å². The maximum atomic E-state index is 12.6. The fourth-order valence-electron chi connectivity index (χ4n) is 3.34. The zero-order valence-electron chi connectivity index (χ0n) is 14.5. The summed E-state index contributed by atoms with van der Waals surface area (Å²) < 4.78 is 6.29. The Morgan fingerprint density at radius 1 is 1.09 bits per heavy atom. The number of ketones is 1. The van der Waals surface area contributed by atoms with Crippen molar-refractivity contribution >= 4 is 5.78 Å². The van der Waals surface area contributed by atoms with Crippen LogP contribution in [0.15, 0.2) is 0 Å². The van der Waals surface area contributed by atoms with Crippen LogP contribution < -0.4 is 4.74 Å². The van der Waals surface area contributed by atoms with Gasteiger partial charge in [0.2, 0.25) is 0 Å². The number of unbranched alkanes of at least 4 members (excludes halogenated alkanes) is 3. The number of Topliss-reactive ketones (excluding diaryl/α,β-unsaturated/α-hetero) is 1. The van der Waals surface area contributed by atoms with E-state index in [-0.39, 0.29) is 11.5 Å². The number of hydrogen-bond donors (Lipinski definition) is 1. The Bertz CT molecular complexity index is 589. The Hall–Kier alpha value is -1.51. The number of fused-ring (bicyclic) bond motifs is 1. The van der Waals surface area contributed by atoms with Crippen molar-refractivity contribution in [1.29, 1.82) is 0 Å². The van der Waals surface area contributed by atoms with Crippen LogP contribution in [-0.4, -0.2) is 16.5 Å². The van der Waals surface area contributed by atoms with Crippen molar-refractivity contribution in [2.45, 2.75) is 78.7 Å². The third-order valence-corrected chi connectivity index (χ3v) is 4.94. The standard InChI is InChI=1S/C19H28O3/c1-6-7-8-9-10-19(5)11-15(20)16-14(4)17(21)12(2)13(3)18(16)22-19/h21H,6-11H2,1-5H3. The third-order valence-electron chi connectivity index (χ3n) is 4.94. The number of ether oxygens (including phenoxy) is 1. The lowest BCUT2D eigenvalue weighted by molar-refractivity contribution is 0.0444. The van der Waals surface area contributed by atoms with Gasteiger partial charge in [0.15, 0.2) is 5.78 Å². The fraction of sp³-hybridized carbons (Fsp3) is 0.632. The summed E-state index contributed by atoms with van der Waals surface area (Å²) in [7, 11) is 0. The molecule has 0 fully saturated rings. The van der Waals surface area contributed by atoms with Gasteiger partial charge in [-0.1, -0.05) is 26.2 Å². The van der Waals surface area contributed by atoms with Crippen LogP contribution in [0.3, 0.4) is 0 Å². The van der Waals surface area contributed by atoms with E-state index in [1.54, 1.807) is 6.92 Å². The molecule has 1 aliphatic heterocycles. The van der Waals surface area contributed by atoms with E-state index < -0.39 is 5.60 Å². The van der Waals surface area contributed by atoms with Gasteiger partial charge in [0, 0.05) is 5.56 Å². The van der Waals surface area contributed by atoms with E-state index >= 15 is 0 Å². The summed E-state index contributed by atoms with van der Waals surface area (Å²) in [5, 5.41) is 10.2. The van der Waals surface area contributed by atoms with Crippen molar-refractivity contribution in [2.24, 2.45) is 0 Å². The second-order valence-electron chi connectivity index (χ2n) is 6.89. The molecule has 1 atom stereocenters. The highest BCUT2D eigenvalue weighted by Gasteiger charge is 2.38. The van der Waals surface area contributed by atoms with Crippen molar-refractivity contribution in [2.75, 3.05) is 0 Å². The average molecular weight is 304 g/mol. The third kappa shape index (κ3) is 2.99. The predicted octanol–water partition coefficient (Wildman–Crippen LogP) is 5.01. The van der Waals surface area contributed by atoms with Crippen molar-refractivity contribution in [3.05, 3.63) is 22.3 Å². The monoisotopic (exact) mass is 304 g/mol. The maximum Gasteiger partial charge on any atom is 0.170 e. The number of rotatable bonds is 5. The summed E-state index contributed by atoms with van der Waals surface area (Å²) in [4.78, 5) is 12.6. The van der Waals surface area contributed by atoms with Crippen LogP contribution in [0, 0.1) is 20.8 Å². The van der Waals surface area contributed by atoms with Gasteiger partial charge >= 0.3 is 0 Å². The number of phenols is 1. The summed E-state index contributed by atoms with van der Waals surface area (Å²) in [6.07, 6.45) is 6.00. The van der Waals surface area contributed by atoms with E-state index in [9.17, 15) is 9.90 Å². The maximum absolute atomic E-state index is 12.6. The number of carbonyl (C=O) groups is 1. The molecule has 1 aromatic rings. The molecule has 0 spiro atoms. The fourth-order valence-corrected chi connectivity index (χ4v) is 3.34. The molecule has 0 amide bonds. The first-order chi connectivity index (χ1) is 10.3. The van der Waals surface area contributed by atoms with Crippen LogP contribution in [-0.2, 0) is 0 Å². The SMILES string of the molecule is CCCCCCC1(C)CC(=O)c2c(C)c(O)c(C)c(C)c2O1. The minimum Gasteiger partial charge on any atom is -0.507 e. The van der Waals surface area contributed by atoms with E-state index in [2.05, 4.69) is 6.92 Å². The van der Waals surface area contributed by atoms with Crippen LogP contribution in [0.1, 0.15) is 79.4 Å². The molecule has 1 unspecified atom stereocenters. The van der Waals surface area contributed by atoms with E-state index in [1.807, 2.05) is 20.8 Å². The summed E-state index contributed by atoms with van der Waals surface area (Å²) >= 11 is 0. The molecular weight excluding hydrogens is 276 g/mol. The van der Waals surface area contributed by atoms with Crippen LogP contribution in [0.5, 0.6) is 11.5 Å². The Labute approximate surface area is 133 Å². The molecule has 0 aliphatic carbocycles. The normalized spacial score (nSPS) is 20.7. The number of carbonyl (C=O) groups excluding carboxylic acids is 1. The number of aromatic hydroxyl groups is 1. The lowest BCUT2D eigenvalue weighted by Gasteiger charge is -2.37. The predicted molar refractivity (Wildman–Crippen MR) is 89.1 cm³/mol. The smallest absolute Gasteiger partial charge is 0.170 e. The largest absolute Gasteiger partial charge is 0.507 e. The molecule has 1 aromatic carbocycles. The highest BCUT2D eigenvalue weighted by Crippen LogP contribution is 2.44. The average Bonchev–Trinajstić information content (AvgIpc) is 2.47.